The molecular weight excluding hydrogens is 387 g/mol. The van der Waals surface area contributed by atoms with Gasteiger partial charge in [-0.2, -0.15) is 13.2 Å². The number of alkyl halides is 3. The first-order valence-corrected chi connectivity index (χ1v) is 9.10. The van der Waals surface area contributed by atoms with Crippen molar-refractivity contribution in [3.8, 4) is 17.0 Å². The zero-order valence-electron chi connectivity index (χ0n) is 15.6. The summed E-state index contributed by atoms with van der Waals surface area (Å²) in [5.41, 5.74) is 0.161. The van der Waals surface area contributed by atoms with Crippen LogP contribution in [0.25, 0.3) is 16.8 Å². The van der Waals surface area contributed by atoms with Gasteiger partial charge in [-0.25, -0.2) is 0 Å². The van der Waals surface area contributed by atoms with Gasteiger partial charge < -0.3 is 20.1 Å². The summed E-state index contributed by atoms with van der Waals surface area (Å²) in [4.78, 5) is 2.15. The molecule has 1 saturated heterocycles. The first-order chi connectivity index (χ1) is 13.8. The third-order valence-electron chi connectivity index (χ3n) is 4.85. The van der Waals surface area contributed by atoms with E-state index in [1.54, 1.807) is 22.7 Å². The maximum Gasteiger partial charge on any atom is 0.416 e. The Labute approximate surface area is 164 Å². The largest absolute Gasteiger partial charge is 0.507 e. The summed E-state index contributed by atoms with van der Waals surface area (Å²) in [6, 6.07) is 6.37. The van der Waals surface area contributed by atoms with Crippen LogP contribution in [0.2, 0.25) is 0 Å². The number of ether oxygens (including phenoxy) is 1. The van der Waals surface area contributed by atoms with Crippen LogP contribution in [0, 0.1) is 0 Å². The molecule has 2 N–H and O–H groups in total. The number of aromatic hydroxyl groups is 1. The van der Waals surface area contributed by atoms with Gasteiger partial charge in [-0.15, -0.1) is 10.2 Å². The number of fused-ring (bicyclic) bond motifs is 1. The van der Waals surface area contributed by atoms with Crippen LogP contribution in [0.15, 0.2) is 36.5 Å². The number of benzene rings is 1. The Morgan fingerprint density at radius 3 is 2.83 bits per heavy atom. The van der Waals surface area contributed by atoms with Crippen LogP contribution < -0.4 is 5.32 Å². The summed E-state index contributed by atoms with van der Waals surface area (Å²) < 4.78 is 46.0. The van der Waals surface area contributed by atoms with E-state index in [4.69, 9.17) is 4.74 Å². The Morgan fingerprint density at radius 2 is 2.07 bits per heavy atom. The molecule has 1 aliphatic rings. The van der Waals surface area contributed by atoms with Gasteiger partial charge in [0.25, 0.3) is 0 Å². The third-order valence-corrected chi connectivity index (χ3v) is 4.85. The van der Waals surface area contributed by atoms with Crippen LogP contribution in [0.4, 0.5) is 19.1 Å². The van der Waals surface area contributed by atoms with Crippen LogP contribution in [-0.2, 0) is 10.9 Å². The molecule has 1 fully saturated rings. The molecule has 10 heteroatoms. The minimum absolute atomic E-state index is 0.00715. The molecule has 3 heterocycles. The average Bonchev–Trinajstić information content (AvgIpc) is 3.06. The van der Waals surface area contributed by atoms with Gasteiger partial charge in [-0.05, 0) is 37.4 Å². The highest BCUT2D eigenvalue weighted by Gasteiger charge is 2.31. The molecule has 3 aromatic rings. The molecule has 0 unspecified atom stereocenters. The fourth-order valence-electron chi connectivity index (χ4n) is 3.39. The topological polar surface area (TPSA) is 74.9 Å². The molecule has 0 aliphatic carbocycles. The molecule has 4 rings (SSSR count). The molecule has 0 radical (unpaired) electrons. The number of nitrogens with one attached hydrogen (secondary N) is 1. The van der Waals surface area contributed by atoms with Crippen molar-refractivity contribution in [2.45, 2.75) is 12.2 Å². The van der Waals surface area contributed by atoms with E-state index < -0.39 is 17.5 Å². The molecule has 154 valence electrons. The normalized spacial score (nSPS) is 18.7. The van der Waals surface area contributed by atoms with Crippen LogP contribution in [0.3, 0.4) is 0 Å². The lowest BCUT2D eigenvalue weighted by Crippen LogP contribution is -2.36. The molecule has 2 aromatic heterocycles. The van der Waals surface area contributed by atoms with Crippen molar-refractivity contribution in [3.63, 3.8) is 0 Å². The predicted molar refractivity (Wildman–Crippen MR) is 101 cm³/mol. The SMILES string of the molecule is CN1CCOC[C@H](Nc2nnc(-c3ccc(C(F)(F)F)cc3O)c3cccn23)C1. The van der Waals surface area contributed by atoms with Crippen LogP contribution in [0.5, 0.6) is 5.75 Å². The molecule has 7 nitrogen and oxygen atoms in total. The summed E-state index contributed by atoms with van der Waals surface area (Å²) in [6.45, 7) is 2.79. The van der Waals surface area contributed by atoms with E-state index in [9.17, 15) is 18.3 Å². The van der Waals surface area contributed by atoms with Gasteiger partial charge in [-0.3, -0.25) is 4.40 Å². The van der Waals surface area contributed by atoms with Crippen molar-refractivity contribution in [2.75, 3.05) is 38.7 Å². The molecule has 1 aromatic carbocycles. The summed E-state index contributed by atoms with van der Waals surface area (Å²) in [5, 5.41) is 21.9. The van der Waals surface area contributed by atoms with E-state index in [1.165, 1.54) is 6.07 Å². The second kappa shape index (κ2) is 7.53. The number of phenolic OH excluding ortho intramolecular Hbond substituents is 1. The van der Waals surface area contributed by atoms with Gasteiger partial charge in [0.15, 0.2) is 0 Å². The molecule has 0 spiro atoms. The highest BCUT2D eigenvalue weighted by Crippen LogP contribution is 2.37. The standard InChI is InChI=1S/C19H20F3N5O2/c1-26-7-8-29-11-13(10-26)23-18-25-24-17(15-3-2-6-27(15)18)14-5-4-12(9-16(14)28)19(20,21)22/h2-6,9,13,28H,7-8,10-11H2,1H3,(H,23,25)/t13-/m1/s1. The van der Waals surface area contributed by atoms with E-state index in [0.717, 1.165) is 19.2 Å². The van der Waals surface area contributed by atoms with Crippen molar-refractivity contribution in [2.24, 2.45) is 0 Å². The lowest BCUT2D eigenvalue weighted by Gasteiger charge is -2.21. The quantitative estimate of drug-likeness (QED) is 0.696. The number of likely N-dealkylation sites (N-methyl/N-ethyl adjacent to an activating group) is 1. The number of anilines is 1. The number of halogens is 3. The number of hydrogen-bond acceptors (Lipinski definition) is 6. The Hall–Kier alpha value is -2.85. The Bertz CT molecular complexity index is 1020. The molecule has 29 heavy (non-hydrogen) atoms. The summed E-state index contributed by atoms with van der Waals surface area (Å²) in [6.07, 6.45) is -2.76. The highest BCUT2D eigenvalue weighted by atomic mass is 19.4. The number of hydrogen-bond donors (Lipinski definition) is 2. The maximum absolute atomic E-state index is 12.9. The second-order valence-corrected chi connectivity index (χ2v) is 7.04. The fraction of sp³-hybridized carbons (Fsp3) is 0.368. The minimum Gasteiger partial charge on any atom is -0.507 e. The Morgan fingerprint density at radius 1 is 1.24 bits per heavy atom. The van der Waals surface area contributed by atoms with E-state index in [2.05, 4.69) is 20.4 Å². The van der Waals surface area contributed by atoms with Gasteiger partial charge >= 0.3 is 6.18 Å². The highest BCUT2D eigenvalue weighted by molar-refractivity contribution is 5.81. The fourth-order valence-corrected chi connectivity index (χ4v) is 3.39. The third kappa shape index (κ3) is 3.99. The van der Waals surface area contributed by atoms with Gasteiger partial charge in [0.1, 0.15) is 11.4 Å². The van der Waals surface area contributed by atoms with Crippen LogP contribution >= 0.6 is 0 Å². The minimum atomic E-state index is -4.53. The second-order valence-electron chi connectivity index (χ2n) is 7.04. The lowest BCUT2D eigenvalue weighted by molar-refractivity contribution is -0.137. The first kappa shape index (κ1) is 19.5. The number of nitrogens with zero attached hydrogens (tertiary/aromatic N) is 4. The molecule has 0 saturated carbocycles. The average molecular weight is 407 g/mol. The van der Waals surface area contributed by atoms with Gasteiger partial charge in [0, 0.05) is 24.8 Å². The zero-order chi connectivity index (χ0) is 20.6. The molecular formula is C19H20F3N5O2. The zero-order valence-corrected chi connectivity index (χ0v) is 15.6. The summed E-state index contributed by atoms with van der Waals surface area (Å²) >= 11 is 0. The maximum atomic E-state index is 12.9. The van der Waals surface area contributed by atoms with Crippen LogP contribution in [-0.4, -0.2) is 64.0 Å². The van der Waals surface area contributed by atoms with Crippen LogP contribution in [0.1, 0.15) is 5.56 Å². The van der Waals surface area contributed by atoms with Crippen molar-refractivity contribution in [3.05, 3.63) is 42.1 Å². The smallest absolute Gasteiger partial charge is 0.416 e. The van der Waals surface area contributed by atoms with E-state index in [0.29, 0.717) is 36.4 Å². The Balaban J connectivity index is 1.68. The number of phenols is 1. The van der Waals surface area contributed by atoms with Crippen molar-refractivity contribution >= 4 is 11.5 Å². The van der Waals surface area contributed by atoms with Gasteiger partial charge in [0.05, 0.1) is 30.3 Å². The summed E-state index contributed by atoms with van der Waals surface area (Å²) in [5.74, 6) is -0.0132. The number of rotatable bonds is 3. The Kier molecular flexibility index (Phi) is 5.05. The molecule has 1 atom stereocenters. The molecule has 0 bridgehead atoms. The van der Waals surface area contributed by atoms with Gasteiger partial charge in [-0.1, -0.05) is 0 Å². The molecule has 0 amide bonds. The van der Waals surface area contributed by atoms with Crippen molar-refractivity contribution in [1.29, 1.82) is 0 Å². The van der Waals surface area contributed by atoms with E-state index >= 15 is 0 Å². The summed E-state index contributed by atoms with van der Waals surface area (Å²) in [7, 11) is 2.01. The van der Waals surface area contributed by atoms with Gasteiger partial charge in [0.2, 0.25) is 5.95 Å². The monoisotopic (exact) mass is 407 g/mol. The first-order valence-electron chi connectivity index (χ1n) is 9.10. The predicted octanol–water partition coefficient (Wildman–Crippen LogP) is 2.86. The van der Waals surface area contributed by atoms with E-state index in [1.807, 2.05) is 7.05 Å². The number of aromatic nitrogens is 3. The molecule has 1 aliphatic heterocycles. The van der Waals surface area contributed by atoms with Crippen molar-refractivity contribution in [1.82, 2.24) is 19.5 Å². The van der Waals surface area contributed by atoms with Crippen molar-refractivity contribution < 1.29 is 23.0 Å². The van der Waals surface area contributed by atoms with E-state index in [-0.39, 0.29) is 11.6 Å². The lowest BCUT2D eigenvalue weighted by atomic mass is 10.1.